The van der Waals surface area contributed by atoms with E-state index in [1.165, 1.54) is 27.8 Å². The van der Waals surface area contributed by atoms with Crippen molar-refractivity contribution >= 4 is 43.4 Å². The van der Waals surface area contributed by atoms with Crippen molar-refractivity contribution in [2.45, 2.75) is 18.4 Å². The molecule has 2 heterocycles. The summed E-state index contributed by atoms with van der Waals surface area (Å²) in [5, 5.41) is 16.6. The molecule has 2 aromatic heterocycles. The molecule has 0 aliphatic rings. The Balaban J connectivity index is 1.63. The Hall–Kier alpha value is -3.44. The van der Waals surface area contributed by atoms with Gasteiger partial charge in [-0.05, 0) is 31.2 Å². The number of fused-ring (bicyclic) bond motifs is 1. The van der Waals surface area contributed by atoms with Gasteiger partial charge in [0.2, 0.25) is 0 Å². The first-order valence-electron chi connectivity index (χ1n) is 9.41. The van der Waals surface area contributed by atoms with Crippen LogP contribution in [-0.4, -0.2) is 29.3 Å². The number of anilines is 2. The Morgan fingerprint density at radius 2 is 2.00 bits per heavy atom. The predicted octanol–water partition coefficient (Wildman–Crippen LogP) is 4.13. The number of benzene rings is 2. The van der Waals surface area contributed by atoms with E-state index in [-0.39, 0.29) is 29.4 Å². The number of hydrogen-bond donors (Lipinski definition) is 1. The van der Waals surface area contributed by atoms with Crippen LogP contribution in [0.1, 0.15) is 12.6 Å². The smallest absolute Gasteiger partial charge is 0.293 e. The molecule has 0 fully saturated rings. The summed E-state index contributed by atoms with van der Waals surface area (Å²) in [6.07, 6.45) is 3.72. The molecule has 0 saturated carbocycles. The quantitative estimate of drug-likeness (QED) is 0.315. The van der Waals surface area contributed by atoms with Crippen LogP contribution in [0.4, 0.5) is 17.1 Å². The van der Waals surface area contributed by atoms with E-state index >= 15 is 0 Å². The number of hydrogen-bond acceptors (Lipinski definition) is 7. The second kappa shape index (κ2) is 8.36. The Labute approximate surface area is 182 Å². The molecule has 9 nitrogen and oxygen atoms in total. The van der Waals surface area contributed by atoms with E-state index in [1.54, 1.807) is 37.3 Å². The average molecular weight is 458 g/mol. The van der Waals surface area contributed by atoms with Crippen LogP contribution in [0, 0.1) is 10.1 Å². The zero-order valence-electron chi connectivity index (χ0n) is 16.5. The van der Waals surface area contributed by atoms with Gasteiger partial charge in [-0.3, -0.25) is 18.8 Å². The Morgan fingerprint density at radius 1 is 1.23 bits per heavy atom. The molecule has 0 amide bonds. The lowest BCUT2D eigenvalue weighted by molar-refractivity contribution is -0.384. The summed E-state index contributed by atoms with van der Waals surface area (Å²) in [5.41, 5.74) is 1.13. The van der Waals surface area contributed by atoms with Gasteiger partial charge in [0.1, 0.15) is 5.69 Å². The van der Waals surface area contributed by atoms with Crippen LogP contribution >= 0.6 is 11.3 Å². The summed E-state index contributed by atoms with van der Waals surface area (Å²) in [6.45, 7) is 2.18. The standard InChI is InChI=1S/C20H19N5O4S2/c1-2-24(16-6-4-3-5-7-16)31(28,29)17-8-9-18(19(12-17)25(26)27)21-13-15-14-23-10-11-30-20(23)22-15/h3-12,14,21H,2,13H2,1H3. The molecule has 11 heteroatoms. The van der Waals surface area contributed by atoms with Gasteiger partial charge in [0.25, 0.3) is 15.7 Å². The molecule has 0 saturated heterocycles. The number of thiazole rings is 1. The minimum Gasteiger partial charge on any atom is -0.374 e. The average Bonchev–Trinajstić information content (AvgIpc) is 3.35. The van der Waals surface area contributed by atoms with Gasteiger partial charge in [-0.25, -0.2) is 13.4 Å². The maximum Gasteiger partial charge on any atom is 0.293 e. The van der Waals surface area contributed by atoms with Gasteiger partial charge in [0.15, 0.2) is 4.96 Å². The Bertz CT molecular complexity index is 1300. The summed E-state index contributed by atoms with van der Waals surface area (Å²) in [4.78, 5) is 16.2. The van der Waals surface area contributed by atoms with Crippen LogP contribution < -0.4 is 9.62 Å². The second-order valence-electron chi connectivity index (χ2n) is 6.62. The van der Waals surface area contributed by atoms with Crippen molar-refractivity contribution in [3.63, 3.8) is 0 Å². The number of nitro groups is 1. The summed E-state index contributed by atoms with van der Waals surface area (Å²) in [5.74, 6) is 0. The third-order valence-corrected chi connectivity index (χ3v) is 7.36. The second-order valence-corrected chi connectivity index (χ2v) is 9.36. The topological polar surface area (TPSA) is 110 Å². The van der Waals surface area contributed by atoms with E-state index in [0.717, 1.165) is 16.7 Å². The molecular weight excluding hydrogens is 438 g/mol. The van der Waals surface area contributed by atoms with E-state index in [4.69, 9.17) is 0 Å². The van der Waals surface area contributed by atoms with Crippen molar-refractivity contribution in [2.75, 3.05) is 16.2 Å². The zero-order chi connectivity index (χ0) is 22.0. The number of sulfonamides is 1. The lowest BCUT2D eigenvalue weighted by Gasteiger charge is -2.23. The highest BCUT2D eigenvalue weighted by molar-refractivity contribution is 7.92. The lowest BCUT2D eigenvalue weighted by Crippen LogP contribution is -2.30. The van der Waals surface area contributed by atoms with Crippen LogP contribution in [0.3, 0.4) is 0 Å². The van der Waals surface area contributed by atoms with Gasteiger partial charge in [0, 0.05) is 30.4 Å². The summed E-state index contributed by atoms with van der Waals surface area (Å²) in [6, 6.07) is 12.5. The number of nitrogens with zero attached hydrogens (tertiary/aromatic N) is 4. The first-order chi connectivity index (χ1) is 14.9. The SMILES string of the molecule is CCN(c1ccccc1)S(=O)(=O)c1ccc(NCc2cn3ccsc3n2)c([N+](=O)[O-])c1. The fourth-order valence-corrected chi connectivity index (χ4v) is 5.45. The summed E-state index contributed by atoms with van der Waals surface area (Å²) < 4.78 is 29.4. The van der Waals surface area contributed by atoms with Crippen molar-refractivity contribution in [2.24, 2.45) is 0 Å². The summed E-state index contributed by atoms with van der Waals surface area (Å²) >= 11 is 1.49. The maximum absolute atomic E-state index is 13.2. The minimum absolute atomic E-state index is 0.141. The first kappa shape index (κ1) is 20.8. The largest absolute Gasteiger partial charge is 0.374 e. The molecule has 160 valence electrons. The molecule has 0 bridgehead atoms. The zero-order valence-corrected chi connectivity index (χ0v) is 18.1. The van der Waals surface area contributed by atoms with Crippen molar-refractivity contribution in [3.8, 4) is 0 Å². The van der Waals surface area contributed by atoms with Crippen LogP contribution in [0.5, 0.6) is 0 Å². The first-order valence-corrected chi connectivity index (χ1v) is 11.7. The van der Waals surface area contributed by atoms with Gasteiger partial charge in [-0.1, -0.05) is 18.2 Å². The fourth-order valence-electron chi connectivity index (χ4n) is 3.23. The van der Waals surface area contributed by atoms with E-state index in [9.17, 15) is 18.5 Å². The van der Waals surface area contributed by atoms with E-state index in [2.05, 4.69) is 10.3 Å². The number of rotatable bonds is 8. The maximum atomic E-state index is 13.2. The molecule has 31 heavy (non-hydrogen) atoms. The number of aromatic nitrogens is 2. The van der Waals surface area contributed by atoms with Gasteiger partial charge < -0.3 is 5.32 Å². The molecule has 0 unspecified atom stereocenters. The van der Waals surface area contributed by atoms with Crippen molar-refractivity contribution in [3.05, 3.63) is 82.1 Å². The van der Waals surface area contributed by atoms with E-state index in [1.807, 2.05) is 22.2 Å². The highest BCUT2D eigenvalue weighted by atomic mass is 32.2. The minimum atomic E-state index is -3.97. The van der Waals surface area contributed by atoms with Gasteiger partial charge in [0.05, 0.1) is 27.7 Å². The number of nitrogens with one attached hydrogen (secondary N) is 1. The van der Waals surface area contributed by atoms with Crippen LogP contribution in [0.2, 0.25) is 0 Å². The van der Waals surface area contributed by atoms with Gasteiger partial charge >= 0.3 is 0 Å². The molecule has 0 aliphatic carbocycles. The third kappa shape index (κ3) is 4.09. The van der Waals surface area contributed by atoms with Crippen molar-refractivity contribution in [1.82, 2.24) is 9.38 Å². The monoisotopic (exact) mass is 457 g/mol. The molecule has 0 atom stereocenters. The van der Waals surface area contributed by atoms with Crippen molar-refractivity contribution < 1.29 is 13.3 Å². The lowest BCUT2D eigenvalue weighted by atomic mass is 10.2. The van der Waals surface area contributed by atoms with E-state index in [0.29, 0.717) is 5.69 Å². The molecule has 2 aromatic carbocycles. The normalized spacial score (nSPS) is 11.5. The fraction of sp³-hybridized carbons (Fsp3) is 0.150. The van der Waals surface area contributed by atoms with Gasteiger partial charge in [-0.15, -0.1) is 11.3 Å². The number of imidazole rings is 1. The Kier molecular flexibility index (Phi) is 5.61. The number of nitro benzene ring substituents is 1. The Morgan fingerprint density at radius 3 is 2.68 bits per heavy atom. The highest BCUT2D eigenvalue weighted by Gasteiger charge is 2.27. The van der Waals surface area contributed by atoms with Gasteiger partial charge in [-0.2, -0.15) is 0 Å². The van der Waals surface area contributed by atoms with Crippen molar-refractivity contribution in [1.29, 1.82) is 0 Å². The van der Waals surface area contributed by atoms with Crippen LogP contribution in [-0.2, 0) is 16.6 Å². The number of para-hydroxylation sites is 1. The van der Waals surface area contributed by atoms with Crippen LogP contribution in [0.15, 0.2) is 71.2 Å². The molecular formula is C20H19N5O4S2. The molecule has 1 N–H and O–H groups in total. The molecule has 4 aromatic rings. The predicted molar refractivity (Wildman–Crippen MR) is 120 cm³/mol. The highest BCUT2D eigenvalue weighted by Crippen LogP contribution is 2.31. The molecule has 4 rings (SSSR count). The molecule has 0 spiro atoms. The third-order valence-electron chi connectivity index (χ3n) is 4.69. The molecule has 0 aliphatic heterocycles. The van der Waals surface area contributed by atoms with Crippen LogP contribution in [0.25, 0.3) is 4.96 Å². The summed E-state index contributed by atoms with van der Waals surface area (Å²) in [7, 11) is -3.97. The van der Waals surface area contributed by atoms with E-state index < -0.39 is 14.9 Å². The molecule has 0 radical (unpaired) electrons.